The Kier molecular flexibility index (Phi) is 7.71. The molecule has 0 radical (unpaired) electrons. The molecule has 0 N–H and O–H groups in total. The minimum absolute atomic E-state index is 0.103. The zero-order valence-corrected chi connectivity index (χ0v) is 35.1. The highest BCUT2D eigenvalue weighted by Crippen LogP contribution is 2.70. The van der Waals surface area contributed by atoms with Crippen molar-refractivity contribution in [2.75, 3.05) is 4.90 Å². The maximum atomic E-state index is 2.60. The minimum atomic E-state index is 0.103. The van der Waals surface area contributed by atoms with Crippen molar-refractivity contribution >= 4 is 27.8 Å². The van der Waals surface area contributed by atoms with Crippen LogP contribution in [0.25, 0.3) is 44.2 Å². The van der Waals surface area contributed by atoms with Gasteiger partial charge in [-0.2, -0.15) is 0 Å². The number of nitrogens with zero attached hydrogens (tertiary/aromatic N) is 1. The lowest BCUT2D eigenvalue weighted by atomic mass is 9.43. The summed E-state index contributed by atoms with van der Waals surface area (Å²) in [6.07, 6.45) is 9.43. The largest absolute Gasteiger partial charge is 0.310 e. The number of fused-ring (bicyclic) bond motifs is 5. The second-order valence-corrected chi connectivity index (χ2v) is 20.4. The van der Waals surface area contributed by atoms with Gasteiger partial charge in [-0.05, 0) is 171 Å². The van der Waals surface area contributed by atoms with Crippen LogP contribution in [0.3, 0.4) is 0 Å². The molecule has 1 spiro atoms. The van der Waals surface area contributed by atoms with Gasteiger partial charge in [-0.15, -0.1) is 0 Å². The van der Waals surface area contributed by atoms with E-state index in [0.717, 1.165) is 23.7 Å². The molecule has 6 aliphatic rings. The molecule has 4 saturated carbocycles. The van der Waals surface area contributed by atoms with E-state index >= 15 is 0 Å². The van der Waals surface area contributed by atoms with Crippen LogP contribution in [-0.4, -0.2) is 0 Å². The highest BCUT2D eigenvalue weighted by molar-refractivity contribution is 5.98. The summed E-state index contributed by atoms with van der Waals surface area (Å²) >= 11 is 0. The summed E-state index contributed by atoms with van der Waals surface area (Å²) in [5, 5.41) is 2.57. The molecule has 0 aliphatic heterocycles. The predicted octanol–water partition coefficient (Wildman–Crippen LogP) is 15.7. The first kappa shape index (κ1) is 35.5. The first-order chi connectivity index (χ1) is 28.7. The molecule has 7 aromatic rings. The van der Waals surface area contributed by atoms with Crippen molar-refractivity contribution in [2.24, 2.45) is 23.7 Å². The highest BCUT2D eigenvalue weighted by atomic mass is 15.1. The van der Waals surface area contributed by atoms with Crippen molar-refractivity contribution in [1.82, 2.24) is 0 Å². The molecule has 0 atom stereocenters. The van der Waals surface area contributed by atoms with Crippen LogP contribution in [0.5, 0.6) is 0 Å². The van der Waals surface area contributed by atoms with E-state index in [1.54, 1.807) is 11.1 Å². The van der Waals surface area contributed by atoms with Gasteiger partial charge in [0.15, 0.2) is 0 Å². The van der Waals surface area contributed by atoms with E-state index in [0.29, 0.717) is 0 Å². The van der Waals surface area contributed by atoms with Crippen LogP contribution in [0.1, 0.15) is 94.9 Å². The van der Waals surface area contributed by atoms with Crippen molar-refractivity contribution in [3.8, 4) is 33.4 Å². The fraction of sp³-hybridized carbons (Fsp3) is 0.310. The van der Waals surface area contributed by atoms with E-state index in [9.17, 15) is 0 Å². The molecule has 6 aliphatic carbocycles. The van der Waals surface area contributed by atoms with E-state index < -0.39 is 0 Å². The van der Waals surface area contributed by atoms with Crippen LogP contribution in [0.2, 0.25) is 0 Å². The third kappa shape index (κ3) is 5.16. The zero-order chi connectivity index (χ0) is 39.7. The second kappa shape index (κ2) is 12.8. The smallest absolute Gasteiger partial charge is 0.0543 e. The summed E-state index contributed by atoms with van der Waals surface area (Å²) in [5.41, 5.74) is 18.4. The molecule has 292 valence electrons. The SMILES string of the molecule is CC1(C)CCC(C)(C)c2c(-c3cccc(N(c4ccc(-c5cccc6ccccc56)cc4)c4cccc5c4-c4ccccc4C54C5CC6CC(C5)CC4C6)c3)cccc21. The number of rotatable bonds is 5. The van der Waals surface area contributed by atoms with E-state index in [2.05, 4.69) is 184 Å². The maximum absolute atomic E-state index is 2.60. The van der Waals surface area contributed by atoms with Crippen LogP contribution in [0.4, 0.5) is 17.1 Å². The summed E-state index contributed by atoms with van der Waals surface area (Å²) in [5.74, 6) is 3.29. The Morgan fingerprint density at radius 2 is 1.07 bits per heavy atom. The molecule has 0 unspecified atom stereocenters. The lowest BCUT2D eigenvalue weighted by molar-refractivity contribution is -0.0399. The first-order valence-electron chi connectivity index (χ1n) is 22.6. The molecule has 13 rings (SSSR count). The van der Waals surface area contributed by atoms with E-state index in [4.69, 9.17) is 0 Å². The number of anilines is 3. The zero-order valence-electron chi connectivity index (χ0n) is 35.1. The molecule has 4 fully saturated rings. The maximum Gasteiger partial charge on any atom is 0.0543 e. The van der Waals surface area contributed by atoms with Gasteiger partial charge in [0.05, 0.1) is 5.69 Å². The summed E-state index contributed by atoms with van der Waals surface area (Å²) < 4.78 is 0. The number of hydrogen-bond donors (Lipinski definition) is 0. The van der Waals surface area contributed by atoms with E-state index in [-0.39, 0.29) is 16.2 Å². The highest BCUT2D eigenvalue weighted by Gasteiger charge is 2.62. The van der Waals surface area contributed by atoms with Gasteiger partial charge in [0.1, 0.15) is 0 Å². The lowest BCUT2D eigenvalue weighted by Crippen LogP contribution is -2.55. The number of benzene rings is 7. The van der Waals surface area contributed by atoms with Gasteiger partial charge in [-0.3, -0.25) is 0 Å². The topological polar surface area (TPSA) is 3.24 Å². The quantitative estimate of drug-likeness (QED) is 0.169. The molecule has 0 amide bonds. The van der Waals surface area contributed by atoms with Gasteiger partial charge in [0.25, 0.3) is 0 Å². The Labute approximate surface area is 351 Å². The normalized spacial score (nSPS) is 25.2. The number of hydrogen-bond acceptors (Lipinski definition) is 1. The third-order valence-electron chi connectivity index (χ3n) is 16.3. The Bertz CT molecular complexity index is 2770. The van der Waals surface area contributed by atoms with E-state index in [1.807, 2.05) is 0 Å². The van der Waals surface area contributed by atoms with Crippen molar-refractivity contribution < 1.29 is 0 Å². The third-order valence-corrected chi connectivity index (χ3v) is 16.3. The average molecular weight is 766 g/mol. The lowest BCUT2D eigenvalue weighted by Gasteiger charge is -2.61. The van der Waals surface area contributed by atoms with Gasteiger partial charge in [-0.1, -0.05) is 149 Å². The molecule has 1 heteroatoms. The van der Waals surface area contributed by atoms with Crippen LogP contribution in [0, 0.1) is 23.7 Å². The Morgan fingerprint density at radius 1 is 0.458 bits per heavy atom. The van der Waals surface area contributed by atoms with Crippen LogP contribution in [0.15, 0.2) is 152 Å². The first-order valence-corrected chi connectivity index (χ1v) is 22.6. The average Bonchev–Trinajstić information content (AvgIpc) is 3.56. The van der Waals surface area contributed by atoms with Crippen molar-refractivity contribution in [2.45, 2.75) is 88.9 Å². The Morgan fingerprint density at radius 3 is 1.88 bits per heavy atom. The predicted molar refractivity (Wildman–Crippen MR) is 248 cm³/mol. The van der Waals surface area contributed by atoms with Crippen molar-refractivity contribution in [1.29, 1.82) is 0 Å². The van der Waals surface area contributed by atoms with Gasteiger partial charge < -0.3 is 4.90 Å². The van der Waals surface area contributed by atoms with Gasteiger partial charge in [0.2, 0.25) is 0 Å². The molecular weight excluding hydrogens is 711 g/mol. The second-order valence-electron chi connectivity index (χ2n) is 20.4. The summed E-state index contributed by atoms with van der Waals surface area (Å²) in [6, 6.07) is 58.4. The van der Waals surface area contributed by atoms with Crippen LogP contribution >= 0.6 is 0 Å². The molecule has 4 bridgehead atoms. The fourth-order valence-corrected chi connectivity index (χ4v) is 13.8. The Hall–Kier alpha value is -5.40. The molecule has 7 aromatic carbocycles. The molecule has 1 nitrogen and oxygen atoms in total. The molecule has 0 heterocycles. The summed E-state index contributed by atoms with van der Waals surface area (Å²) in [6.45, 7) is 9.80. The van der Waals surface area contributed by atoms with Crippen LogP contribution in [-0.2, 0) is 16.2 Å². The van der Waals surface area contributed by atoms with Crippen molar-refractivity contribution in [3.63, 3.8) is 0 Å². The fourth-order valence-electron chi connectivity index (χ4n) is 13.8. The molecular formula is C58H55N. The van der Waals surface area contributed by atoms with Gasteiger partial charge in [-0.25, -0.2) is 0 Å². The van der Waals surface area contributed by atoms with Crippen LogP contribution < -0.4 is 4.90 Å². The standard InChI is InChI=1S/C58H55N/c1-56(2)29-30-57(3,4)55-48(20-11-23-52(55)56)41-15-9-16-45(36-41)59(44-27-25-40(26-28-44)47-19-10-14-39-13-5-6-17-46(39)47)53-24-12-22-51-54(53)49-18-7-8-21-50(49)58(51)42-32-37-31-38(34-42)35-43(58)33-37/h5-28,36-38,42-43H,29-35H2,1-4H3. The van der Waals surface area contributed by atoms with Gasteiger partial charge >= 0.3 is 0 Å². The van der Waals surface area contributed by atoms with Crippen molar-refractivity contribution in [3.05, 3.63) is 174 Å². The molecule has 59 heavy (non-hydrogen) atoms. The van der Waals surface area contributed by atoms with Gasteiger partial charge in [0, 0.05) is 22.4 Å². The van der Waals surface area contributed by atoms with E-state index in [1.165, 1.54) is 117 Å². The summed E-state index contributed by atoms with van der Waals surface area (Å²) in [4.78, 5) is 2.60. The minimum Gasteiger partial charge on any atom is -0.310 e. The molecule has 0 aromatic heterocycles. The Balaban J connectivity index is 1.07. The monoisotopic (exact) mass is 765 g/mol. The molecule has 0 saturated heterocycles. The summed E-state index contributed by atoms with van der Waals surface area (Å²) in [7, 11) is 0.